The number of ether oxygens (including phenoxy) is 2. The minimum Gasteiger partial charge on any atom is -0.463 e. The van der Waals surface area contributed by atoms with Gasteiger partial charge in [0.15, 0.2) is 0 Å². The largest absolute Gasteiger partial charge is 0.463 e. The Hall–Kier alpha value is -1.32. The molecule has 0 saturated carbocycles. The van der Waals surface area contributed by atoms with E-state index in [0.29, 0.717) is 19.4 Å². The zero-order valence-corrected chi connectivity index (χ0v) is 10.3. The van der Waals surface area contributed by atoms with Crippen LogP contribution in [0.4, 0.5) is 0 Å². The van der Waals surface area contributed by atoms with Gasteiger partial charge in [-0.05, 0) is 19.3 Å². The second-order valence-electron chi connectivity index (χ2n) is 4.09. The quantitative estimate of drug-likeness (QED) is 0.389. The summed E-state index contributed by atoms with van der Waals surface area (Å²) in [5, 5.41) is 0. The Labute approximate surface area is 102 Å². The second kappa shape index (κ2) is 7.87. The monoisotopic (exact) mass is 240 g/mol. The van der Waals surface area contributed by atoms with Crippen molar-refractivity contribution in [1.82, 2.24) is 0 Å². The molecule has 0 N–H and O–H groups in total. The maximum absolute atomic E-state index is 11.4. The summed E-state index contributed by atoms with van der Waals surface area (Å²) in [6.45, 7) is 2.49. The van der Waals surface area contributed by atoms with E-state index in [1.807, 2.05) is 0 Å². The molecular formula is C13H20O4. The molecule has 1 aliphatic rings. The summed E-state index contributed by atoms with van der Waals surface area (Å²) < 4.78 is 9.72. The van der Waals surface area contributed by atoms with Crippen LogP contribution < -0.4 is 0 Å². The molecular weight excluding hydrogens is 220 g/mol. The number of rotatable bonds is 7. The van der Waals surface area contributed by atoms with Gasteiger partial charge in [-0.2, -0.15) is 0 Å². The summed E-state index contributed by atoms with van der Waals surface area (Å²) >= 11 is 0. The van der Waals surface area contributed by atoms with E-state index in [1.165, 1.54) is 0 Å². The van der Waals surface area contributed by atoms with Gasteiger partial charge in [0.05, 0.1) is 6.61 Å². The first-order chi connectivity index (χ1) is 8.24. The van der Waals surface area contributed by atoms with E-state index in [-0.39, 0.29) is 5.97 Å². The van der Waals surface area contributed by atoms with Gasteiger partial charge in [-0.25, -0.2) is 4.79 Å². The van der Waals surface area contributed by atoms with Crippen molar-refractivity contribution in [2.45, 2.75) is 51.6 Å². The predicted molar refractivity (Wildman–Crippen MR) is 63.4 cm³/mol. The molecule has 0 aliphatic carbocycles. The average Bonchev–Trinajstić information content (AvgIpc) is 2.69. The lowest BCUT2D eigenvalue weighted by Gasteiger charge is -2.07. The summed E-state index contributed by atoms with van der Waals surface area (Å²) in [6.07, 6.45) is 8.26. The van der Waals surface area contributed by atoms with Gasteiger partial charge >= 0.3 is 11.9 Å². The van der Waals surface area contributed by atoms with Gasteiger partial charge in [0.1, 0.15) is 0 Å². The highest BCUT2D eigenvalue weighted by Crippen LogP contribution is 2.12. The first kappa shape index (κ1) is 13.7. The number of esters is 2. The number of cyclic esters (lactones) is 1. The van der Waals surface area contributed by atoms with Crippen LogP contribution in [-0.2, 0) is 19.1 Å². The number of allylic oxidation sites excluding steroid dienone is 2. The molecule has 1 unspecified atom stereocenters. The Balaban J connectivity index is 2.07. The zero-order valence-electron chi connectivity index (χ0n) is 10.3. The predicted octanol–water partition coefficient (Wildman–Crippen LogP) is 2.37. The number of hydrogen-bond acceptors (Lipinski definition) is 4. The van der Waals surface area contributed by atoms with Crippen LogP contribution in [0.1, 0.15) is 45.4 Å². The van der Waals surface area contributed by atoms with E-state index in [1.54, 1.807) is 0 Å². The zero-order chi connectivity index (χ0) is 12.5. The van der Waals surface area contributed by atoms with Crippen LogP contribution in [0.3, 0.4) is 0 Å². The number of unbranched alkanes of at least 4 members (excludes halogenated alkanes) is 2. The Kier molecular flexibility index (Phi) is 6.37. The highest BCUT2D eigenvalue weighted by Gasteiger charge is 2.29. The standard InChI is InChI=1S/C13H20O4/c1-2-3-4-5-6-7-8-12(14)17-11-9-10-16-13(11)15/h4-5,11H,2-3,6-10H2,1H3/b5-4-. The van der Waals surface area contributed by atoms with Crippen molar-refractivity contribution >= 4 is 11.9 Å². The van der Waals surface area contributed by atoms with Crippen LogP contribution in [0.2, 0.25) is 0 Å². The Morgan fingerprint density at radius 2 is 2.24 bits per heavy atom. The maximum atomic E-state index is 11.4. The van der Waals surface area contributed by atoms with Gasteiger partial charge in [0.2, 0.25) is 6.10 Å². The van der Waals surface area contributed by atoms with E-state index in [0.717, 1.165) is 25.7 Å². The molecule has 1 atom stereocenters. The van der Waals surface area contributed by atoms with E-state index >= 15 is 0 Å². The fourth-order valence-electron chi connectivity index (χ4n) is 1.57. The normalized spacial score (nSPS) is 19.6. The molecule has 4 nitrogen and oxygen atoms in total. The van der Waals surface area contributed by atoms with Crippen LogP contribution in [0, 0.1) is 0 Å². The maximum Gasteiger partial charge on any atom is 0.347 e. The van der Waals surface area contributed by atoms with Crippen molar-refractivity contribution in [3.05, 3.63) is 12.2 Å². The SMILES string of the molecule is CCC/C=C\CCCC(=O)OC1CCOC1=O. The van der Waals surface area contributed by atoms with Crippen LogP contribution in [0.5, 0.6) is 0 Å². The molecule has 1 aliphatic heterocycles. The van der Waals surface area contributed by atoms with E-state index in [9.17, 15) is 9.59 Å². The average molecular weight is 240 g/mol. The number of hydrogen-bond donors (Lipinski definition) is 0. The van der Waals surface area contributed by atoms with Gasteiger partial charge in [-0.15, -0.1) is 0 Å². The smallest absolute Gasteiger partial charge is 0.347 e. The molecule has 96 valence electrons. The van der Waals surface area contributed by atoms with Gasteiger partial charge in [0, 0.05) is 12.8 Å². The van der Waals surface area contributed by atoms with Crippen LogP contribution >= 0.6 is 0 Å². The van der Waals surface area contributed by atoms with Crippen molar-refractivity contribution in [2.75, 3.05) is 6.61 Å². The molecule has 0 aromatic rings. The Bertz CT molecular complexity index is 283. The van der Waals surface area contributed by atoms with Crippen LogP contribution in [-0.4, -0.2) is 24.6 Å². The molecule has 1 rings (SSSR count). The van der Waals surface area contributed by atoms with E-state index in [4.69, 9.17) is 9.47 Å². The lowest BCUT2D eigenvalue weighted by atomic mass is 10.2. The van der Waals surface area contributed by atoms with E-state index < -0.39 is 12.1 Å². The second-order valence-corrected chi connectivity index (χ2v) is 4.09. The molecule has 0 amide bonds. The molecule has 4 heteroatoms. The molecule has 0 aromatic carbocycles. The molecule has 1 heterocycles. The van der Waals surface area contributed by atoms with E-state index in [2.05, 4.69) is 19.1 Å². The number of carbonyl (C=O) groups is 2. The van der Waals surface area contributed by atoms with Crippen LogP contribution in [0.25, 0.3) is 0 Å². The van der Waals surface area contributed by atoms with Crippen molar-refractivity contribution in [3.8, 4) is 0 Å². The van der Waals surface area contributed by atoms with Gasteiger partial charge in [0.25, 0.3) is 0 Å². The van der Waals surface area contributed by atoms with Gasteiger partial charge < -0.3 is 9.47 Å². The molecule has 0 aromatic heterocycles. The van der Waals surface area contributed by atoms with Gasteiger partial charge in [-0.1, -0.05) is 25.5 Å². The molecule has 0 spiro atoms. The highest BCUT2D eigenvalue weighted by atomic mass is 16.6. The third-order valence-electron chi connectivity index (χ3n) is 2.53. The lowest BCUT2D eigenvalue weighted by molar-refractivity contribution is -0.160. The summed E-state index contributed by atoms with van der Waals surface area (Å²) in [4.78, 5) is 22.4. The fraction of sp³-hybridized carbons (Fsp3) is 0.692. The third-order valence-corrected chi connectivity index (χ3v) is 2.53. The highest BCUT2D eigenvalue weighted by molar-refractivity contribution is 5.80. The minimum absolute atomic E-state index is 0.308. The topological polar surface area (TPSA) is 52.6 Å². The van der Waals surface area contributed by atoms with Gasteiger partial charge in [-0.3, -0.25) is 4.79 Å². The first-order valence-corrected chi connectivity index (χ1v) is 6.25. The van der Waals surface area contributed by atoms with Crippen molar-refractivity contribution in [2.24, 2.45) is 0 Å². The molecule has 0 radical (unpaired) electrons. The first-order valence-electron chi connectivity index (χ1n) is 6.25. The third kappa shape index (κ3) is 5.52. The van der Waals surface area contributed by atoms with Crippen LogP contribution in [0.15, 0.2) is 12.2 Å². The summed E-state index contributed by atoms with van der Waals surface area (Å²) in [5.74, 6) is -0.723. The molecule has 17 heavy (non-hydrogen) atoms. The Morgan fingerprint density at radius 3 is 2.88 bits per heavy atom. The Morgan fingerprint density at radius 1 is 1.47 bits per heavy atom. The molecule has 0 bridgehead atoms. The van der Waals surface area contributed by atoms with Crippen molar-refractivity contribution in [1.29, 1.82) is 0 Å². The fourth-order valence-corrected chi connectivity index (χ4v) is 1.57. The minimum atomic E-state index is -0.668. The lowest BCUT2D eigenvalue weighted by Crippen LogP contribution is -2.22. The van der Waals surface area contributed by atoms with Crippen molar-refractivity contribution < 1.29 is 19.1 Å². The molecule has 1 fully saturated rings. The summed E-state index contributed by atoms with van der Waals surface area (Å²) in [6, 6.07) is 0. The summed E-state index contributed by atoms with van der Waals surface area (Å²) in [7, 11) is 0. The van der Waals surface area contributed by atoms with Crippen molar-refractivity contribution in [3.63, 3.8) is 0 Å². The number of carbonyl (C=O) groups excluding carboxylic acids is 2. The summed E-state index contributed by atoms with van der Waals surface area (Å²) in [5.41, 5.74) is 0. The molecule has 1 saturated heterocycles.